The number of thiazole rings is 1. The zero-order valence-electron chi connectivity index (χ0n) is 69.9. The van der Waals surface area contributed by atoms with Crippen molar-refractivity contribution in [1.29, 1.82) is 0 Å². The first kappa shape index (κ1) is 91.4. The molecule has 17 heteroatoms. The predicted octanol–water partition coefficient (Wildman–Crippen LogP) is 25.0. The van der Waals surface area contributed by atoms with Gasteiger partial charge >= 0.3 is 0 Å². The lowest BCUT2D eigenvalue weighted by molar-refractivity contribution is 0.489. The number of rotatable bonds is 0. The van der Waals surface area contributed by atoms with E-state index in [4.69, 9.17) is 8.83 Å². The van der Waals surface area contributed by atoms with Crippen LogP contribution in [0.1, 0.15) is 162 Å². The normalized spacial score (nSPS) is 11.0. The highest BCUT2D eigenvalue weighted by atomic mass is 32.1. The van der Waals surface area contributed by atoms with Gasteiger partial charge in [0.05, 0.1) is 22.6 Å². The molecule has 15 nitrogen and oxygen atoms in total. The van der Waals surface area contributed by atoms with Crippen LogP contribution >= 0.6 is 22.7 Å². The van der Waals surface area contributed by atoms with Crippen molar-refractivity contribution in [3.63, 3.8) is 0 Å². The second-order valence-corrected chi connectivity index (χ2v) is 30.1. The maximum absolute atomic E-state index is 4.97. The molecule has 0 radical (unpaired) electrons. The summed E-state index contributed by atoms with van der Waals surface area (Å²) in [7, 11) is 0. The Morgan fingerprint density at radius 2 is 0.736 bits per heavy atom. The minimum absolute atomic E-state index is 0.623. The van der Waals surface area contributed by atoms with E-state index in [1.54, 1.807) is 55.1 Å². The Balaban J connectivity index is 0.000000253. The van der Waals surface area contributed by atoms with E-state index in [2.05, 4.69) is 306 Å². The molecule has 2 aliphatic rings. The molecular formula is C93H115N13O2S2. The van der Waals surface area contributed by atoms with E-state index < -0.39 is 0 Å². The maximum Gasteiger partial charge on any atom is 0.213 e. The molecule has 0 aliphatic carbocycles. The fraction of sp³-hybridized carbons (Fsp3) is 0.301. The van der Waals surface area contributed by atoms with E-state index in [0.29, 0.717) is 11.8 Å². The molecule has 16 rings (SSSR count). The molecule has 110 heavy (non-hydrogen) atoms. The van der Waals surface area contributed by atoms with Crippen LogP contribution in [0.25, 0.3) is 32.3 Å². The van der Waals surface area contributed by atoms with E-state index in [1.807, 2.05) is 108 Å². The van der Waals surface area contributed by atoms with Crippen molar-refractivity contribution in [3.8, 4) is 0 Å². The lowest BCUT2D eigenvalue weighted by atomic mass is 10.0. The third-order valence-electron chi connectivity index (χ3n) is 15.7. The van der Waals surface area contributed by atoms with Crippen LogP contribution in [0, 0.1) is 152 Å². The second kappa shape index (κ2) is 49.1. The summed E-state index contributed by atoms with van der Waals surface area (Å²) in [6.07, 6.45) is 14.7. The van der Waals surface area contributed by atoms with Crippen molar-refractivity contribution >= 4 is 72.1 Å². The van der Waals surface area contributed by atoms with Crippen LogP contribution < -0.4 is 0 Å². The number of aromatic nitrogens is 10. The lowest BCUT2D eigenvalue weighted by Crippen LogP contribution is -1.90. The van der Waals surface area contributed by atoms with E-state index in [0.717, 1.165) is 73.7 Å². The Morgan fingerprint density at radius 3 is 1.00 bits per heavy atom. The van der Waals surface area contributed by atoms with Crippen molar-refractivity contribution in [2.75, 3.05) is 0 Å². The van der Waals surface area contributed by atoms with Crippen LogP contribution in [0.15, 0.2) is 231 Å². The minimum Gasteiger partial charge on any atom is -0.446 e. The Morgan fingerprint density at radius 1 is 0.309 bits per heavy atom. The van der Waals surface area contributed by atoms with Gasteiger partial charge in [0.1, 0.15) is 21.6 Å². The minimum atomic E-state index is 0.623. The van der Waals surface area contributed by atoms with Crippen molar-refractivity contribution in [1.82, 2.24) is 50.3 Å². The molecule has 0 N–H and O–H groups in total. The zero-order valence-corrected chi connectivity index (χ0v) is 71.5. The van der Waals surface area contributed by atoms with Crippen LogP contribution in [0.3, 0.4) is 0 Å². The molecule has 8 aromatic carbocycles. The molecule has 0 saturated heterocycles. The first-order valence-electron chi connectivity index (χ1n) is 36.7. The summed E-state index contributed by atoms with van der Waals surface area (Å²) in [4.78, 5) is 29.2. The number of oxazole rings is 1. The van der Waals surface area contributed by atoms with Gasteiger partial charge in [-0.15, -0.1) is 43.1 Å². The smallest absolute Gasteiger partial charge is 0.213 e. The van der Waals surface area contributed by atoms with Crippen LogP contribution in [-0.2, 0) is 0 Å². The first-order chi connectivity index (χ1) is 52.2. The van der Waals surface area contributed by atoms with Gasteiger partial charge in [-0.05, 0) is 225 Å². The van der Waals surface area contributed by atoms with E-state index in [1.165, 1.54) is 104 Å². The van der Waals surface area contributed by atoms with E-state index in [-0.39, 0.29) is 0 Å². The van der Waals surface area contributed by atoms with Crippen LogP contribution in [-0.4, -0.2) is 67.4 Å². The molecular weight excluding hydrogens is 1400 g/mol. The molecule has 0 saturated carbocycles. The Bertz CT molecular complexity index is 4570. The maximum atomic E-state index is 4.97. The topological polar surface area (TPSA) is 192 Å². The molecule has 0 unspecified atom stereocenters. The van der Waals surface area contributed by atoms with Gasteiger partial charge in [-0.25, -0.2) is 19.9 Å². The van der Waals surface area contributed by atoms with Crippen LogP contribution in [0.4, 0.5) is 0 Å². The first-order valence-corrected chi connectivity index (χ1v) is 38.4. The van der Waals surface area contributed by atoms with Crippen LogP contribution in [0.5, 0.6) is 0 Å². The predicted molar refractivity (Wildman–Crippen MR) is 468 cm³/mol. The van der Waals surface area contributed by atoms with Crippen LogP contribution in [0.2, 0.25) is 0 Å². The number of aryl methyl sites for hydroxylation is 22. The Kier molecular flexibility index (Phi) is 40.8. The fourth-order valence-electron chi connectivity index (χ4n) is 10.3. The van der Waals surface area contributed by atoms with Gasteiger partial charge in [0, 0.05) is 92.8 Å². The Labute approximate surface area is 663 Å². The molecule has 6 aromatic heterocycles. The SMILES string of the molecule is CC1=CN=C(C)C1.CC1=NN=C(C)C1.Cc1ccc(C)c2ccccc12.Cc1ccc(C)cc1.Cc1ccc2cc(C)ccc2c1.Cc1cccc(C)c1.Cc1cccc2c(C)cccc12.Cc1cnc(C)nc1.Cc1cnc(C)o1.Cc1cnc(C)s1.Cc1cncc(C)n1.Cc1nnc(C)o1.Cc1nnc(C)s1. The number of aliphatic imine (C=N–C) groups is 1. The summed E-state index contributed by atoms with van der Waals surface area (Å²) in [5.74, 6) is 3.68. The Hall–Kier alpha value is -11.0. The van der Waals surface area contributed by atoms with Gasteiger partial charge in [0.25, 0.3) is 0 Å². The number of fused-ring (bicyclic) bond motifs is 3. The van der Waals surface area contributed by atoms with Crippen molar-refractivity contribution in [3.05, 3.63) is 328 Å². The monoisotopic (exact) mass is 1510 g/mol. The molecule has 14 aromatic rings. The summed E-state index contributed by atoms with van der Waals surface area (Å²) < 4.78 is 9.83. The lowest BCUT2D eigenvalue weighted by Gasteiger charge is -2.03. The summed E-state index contributed by atoms with van der Waals surface area (Å²) >= 11 is 3.35. The number of benzene rings is 8. The van der Waals surface area contributed by atoms with Gasteiger partial charge in [0.15, 0.2) is 5.89 Å². The van der Waals surface area contributed by atoms with Gasteiger partial charge in [-0.3, -0.25) is 15.0 Å². The third kappa shape index (κ3) is 38.2. The van der Waals surface area contributed by atoms with Crippen molar-refractivity contribution in [2.24, 2.45) is 15.2 Å². The highest BCUT2D eigenvalue weighted by molar-refractivity contribution is 7.11. The molecule has 2 aliphatic heterocycles. The number of nitrogens with zero attached hydrogens (tertiary/aromatic N) is 13. The summed E-state index contributed by atoms with van der Waals surface area (Å²) in [5, 5.41) is 33.8. The highest BCUT2D eigenvalue weighted by Crippen LogP contribution is 2.23. The molecule has 576 valence electrons. The molecule has 0 atom stereocenters. The largest absolute Gasteiger partial charge is 0.446 e. The average molecular weight is 1510 g/mol. The van der Waals surface area contributed by atoms with E-state index >= 15 is 0 Å². The van der Waals surface area contributed by atoms with Crippen molar-refractivity contribution < 1.29 is 8.83 Å². The standard InChI is InChI=1S/3C12H12.2C8H10.2C6H8N2.C6H9N.C5H8N2.C5H7NO.C5H7NS.C4H6N2O.C4H6N2S/c1-9-3-5-12-8-10(2)4-6-11(12)7-9;1-9-5-3-8-12-10(2)6-4-7-11(9)12;1-9-7-8-10(2)12-6-4-3-5-11(9)12;1-7-3-5-8(2)6-4-7;1-7-4-3-5-8(2)6-7;1-5-3-7-4-6(2)8-5;1-5-3-7-6(2)8-4-5;1-5-3-6(2)7-4-5;1-4-3-5(2)7-6-4;2*1-4-3-6-5(2)7-4;2*1-3-5-6-4(2)7-3/h3*3-8H,1-2H3;2*3-6H,1-2H3;2*3-4H,1-2H3;4H,3H2,1-2H3;3H2,1-2H3;2*3H,1-2H3;2*1-2H3. The van der Waals surface area contributed by atoms with Gasteiger partial charge in [-0.2, -0.15) is 10.2 Å². The third-order valence-corrected chi connectivity index (χ3v) is 17.3. The average Bonchev–Trinajstić information content (AvgIpc) is 1.79. The number of allylic oxidation sites excluding steroid dienone is 1. The van der Waals surface area contributed by atoms with Gasteiger partial charge in [-0.1, -0.05) is 191 Å². The quantitative estimate of drug-likeness (QED) is 0.140. The van der Waals surface area contributed by atoms with Crippen molar-refractivity contribution in [2.45, 2.75) is 193 Å². The number of hydrogen-bond donors (Lipinski definition) is 0. The van der Waals surface area contributed by atoms with Gasteiger partial charge < -0.3 is 8.83 Å². The molecule has 0 fully saturated rings. The zero-order chi connectivity index (χ0) is 81.2. The van der Waals surface area contributed by atoms with E-state index in [9.17, 15) is 0 Å². The van der Waals surface area contributed by atoms with Gasteiger partial charge in [0.2, 0.25) is 11.8 Å². The summed E-state index contributed by atoms with van der Waals surface area (Å²) in [6.45, 7) is 52.3. The molecule has 8 heterocycles. The highest BCUT2D eigenvalue weighted by Gasteiger charge is 2.02. The second-order valence-electron chi connectivity index (χ2n) is 27.3. The summed E-state index contributed by atoms with van der Waals surface area (Å²) in [5.41, 5.74) is 21.3. The molecule has 0 amide bonds. The fourth-order valence-corrected chi connectivity index (χ4v) is 11.5. The number of hydrogen-bond acceptors (Lipinski definition) is 17. The summed E-state index contributed by atoms with van der Waals surface area (Å²) in [6, 6.07) is 55.8. The molecule has 0 spiro atoms. The molecule has 0 bridgehead atoms.